The van der Waals surface area contributed by atoms with Crippen molar-refractivity contribution in [2.24, 2.45) is 0 Å². The number of carbonyl (C=O) groups is 3. The number of benzene rings is 3. The maximum absolute atomic E-state index is 14.1. The van der Waals surface area contributed by atoms with E-state index in [4.69, 9.17) is 4.74 Å². The number of carbonyl (C=O) groups excluding carboxylic acids is 3. The van der Waals surface area contributed by atoms with Gasteiger partial charge in [-0.05, 0) is 49.6 Å². The molecule has 0 aliphatic rings. The summed E-state index contributed by atoms with van der Waals surface area (Å²) in [7, 11) is 0. The van der Waals surface area contributed by atoms with Gasteiger partial charge in [0, 0.05) is 19.5 Å². The molecule has 0 aromatic heterocycles. The first-order chi connectivity index (χ1) is 19.1. The van der Waals surface area contributed by atoms with E-state index in [9.17, 15) is 24.6 Å². The minimum atomic E-state index is -1.20. The minimum Gasteiger partial charge on any atom is -0.508 e. The summed E-state index contributed by atoms with van der Waals surface area (Å²) >= 11 is 0. The van der Waals surface area contributed by atoms with Crippen molar-refractivity contribution in [1.29, 1.82) is 0 Å². The second-order valence-electron chi connectivity index (χ2n) is 10.3. The SMILES string of the molecule is CC(C)(C)OC(=O)NC(Cc1ccccc1)C(=O)N(CCO)C(C(=O)NCc1ccccc1)c1cccc(O)c1. The number of hydrogen-bond donors (Lipinski definition) is 4. The number of ether oxygens (including phenoxy) is 1. The Labute approximate surface area is 234 Å². The maximum Gasteiger partial charge on any atom is 0.408 e. The van der Waals surface area contributed by atoms with Crippen LogP contribution in [0.3, 0.4) is 0 Å². The molecule has 9 nitrogen and oxygen atoms in total. The van der Waals surface area contributed by atoms with Gasteiger partial charge in [0.2, 0.25) is 11.8 Å². The van der Waals surface area contributed by atoms with Gasteiger partial charge < -0.3 is 30.5 Å². The van der Waals surface area contributed by atoms with Crippen LogP contribution in [0.15, 0.2) is 84.9 Å². The summed E-state index contributed by atoms with van der Waals surface area (Å²) in [5.41, 5.74) is 1.20. The van der Waals surface area contributed by atoms with Crippen LogP contribution in [-0.2, 0) is 27.3 Å². The van der Waals surface area contributed by atoms with Crippen molar-refractivity contribution in [3.05, 3.63) is 102 Å². The van der Waals surface area contributed by atoms with Gasteiger partial charge in [-0.1, -0.05) is 72.8 Å². The van der Waals surface area contributed by atoms with Gasteiger partial charge in [0.25, 0.3) is 0 Å². The Morgan fingerprint density at radius 3 is 2.10 bits per heavy atom. The van der Waals surface area contributed by atoms with Crippen LogP contribution in [0.4, 0.5) is 4.79 Å². The fourth-order valence-electron chi connectivity index (χ4n) is 4.22. The predicted octanol–water partition coefficient (Wildman–Crippen LogP) is 3.71. The van der Waals surface area contributed by atoms with Crippen molar-refractivity contribution in [2.45, 2.75) is 51.4 Å². The van der Waals surface area contributed by atoms with Gasteiger partial charge >= 0.3 is 6.09 Å². The average molecular weight is 548 g/mol. The van der Waals surface area contributed by atoms with E-state index in [1.807, 2.05) is 60.7 Å². The van der Waals surface area contributed by atoms with Crippen LogP contribution in [0.25, 0.3) is 0 Å². The molecule has 9 heteroatoms. The van der Waals surface area contributed by atoms with Gasteiger partial charge in [0.15, 0.2) is 0 Å². The first kappa shape index (κ1) is 30.2. The molecule has 0 aliphatic heterocycles. The molecule has 0 spiro atoms. The molecule has 2 atom stereocenters. The van der Waals surface area contributed by atoms with Crippen molar-refractivity contribution in [2.75, 3.05) is 13.2 Å². The zero-order chi connectivity index (χ0) is 29.1. The standard InChI is InChI=1S/C31H37N3O6/c1-31(2,3)40-30(39)33-26(19-22-11-6-4-7-12-22)29(38)34(17-18-35)27(24-15-10-16-25(36)20-24)28(37)32-21-23-13-8-5-9-14-23/h4-16,20,26-27,35-36H,17-19,21H2,1-3H3,(H,32,37)(H,33,39). The summed E-state index contributed by atoms with van der Waals surface area (Å²) in [6.07, 6.45) is -0.660. The van der Waals surface area contributed by atoms with Crippen LogP contribution >= 0.6 is 0 Å². The lowest BCUT2D eigenvalue weighted by atomic mass is 10.00. The molecule has 2 unspecified atom stereocenters. The molecule has 0 bridgehead atoms. The van der Waals surface area contributed by atoms with E-state index in [-0.39, 0.29) is 25.3 Å². The number of aliphatic hydroxyl groups is 1. The number of aliphatic hydroxyl groups excluding tert-OH is 1. The number of phenols is 1. The number of phenolic OH excluding ortho intramolecular Hbond substituents is 1. The van der Waals surface area contributed by atoms with Crippen LogP contribution in [-0.4, -0.2) is 57.8 Å². The number of hydrogen-bond acceptors (Lipinski definition) is 6. The molecule has 3 aromatic carbocycles. The Kier molecular flexibility index (Phi) is 10.7. The number of amides is 3. The summed E-state index contributed by atoms with van der Waals surface area (Å²) in [5, 5.41) is 25.6. The van der Waals surface area contributed by atoms with Crippen LogP contribution < -0.4 is 10.6 Å². The van der Waals surface area contributed by atoms with Crippen LogP contribution in [0, 0.1) is 0 Å². The van der Waals surface area contributed by atoms with Gasteiger partial charge in [-0.25, -0.2) is 4.79 Å². The average Bonchev–Trinajstić information content (AvgIpc) is 2.91. The van der Waals surface area contributed by atoms with E-state index in [2.05, 4.69) is 10.6 Å². The van der Waals surface area contributed by atoms with Crippen LogP contribution in [0.2, 0.25) is 0 Å². The number of nitrogens with zero attached hydrogens (tertiary/aromatic N) is 1. The summed E-state index contributed by atoms with van der Waals surface area (Å²) in [4.78, 5) is 41.8. The molecule has 3 aromatic rings. The third-order valence-electron chi connectivity index (χ3n) is 5.95. The number of nitrogens with one attached hydrogen (secondary N) is 2. The third-order valence-corrected chi connectivity index (χ3v) is 5.95. The summed E-state index contributed by atoms with van der Waals surface area (Å²) in [5.74, 6) is -1.18. The van der Waals surface area contributed by atoms with E-state index in [1.165, 1.54) is 17.0 Å². The molecule has 0 saturated heterocycles. The molecule has 0 fully saturated rings. The highest BCUT2D eigenvalue weighted by molar-refractivity contribution is 5.92. The molecule has 4 N–H and O–H groups in total. The number of alkyl carbamates (subject to hydrolysis) is 1. The number of rotatable bonds is 11. The Hall–Kier alpha value is -4.37. The Balaban J connectivity index is 1.97. The lowest BCUT2D eigenvalue weighted by molar-refractivity contribution is -0.143. The second-order valence-corrected chi connectivity index (χ2v) is 10.3. The molecular formula is C31H37N3O6. The lowest BCUT2D eigenvalue weighted by Gasteiger charge is -2.34. The molecule has 0 heterocycles. The second kappa shape index (κ2) is 14.1. The maximum atomic E-state index is 14.1. The quantitative estimate of drug-likeness (QED) is 0.290. The van der Waals surface area contributed by atoms with Crippen LogP contribution in [0.5, 0.6) is 5.75 Å². The topological polar surface area (TPSA) is 128 Å². The van der Waals surface area contributed by atoms with E-state index in [0.717, 1.165) is 11.1 Å². The Bertz CT molecular complexity index is 1260. The summed E-state index contributed by atoms with van der Waals surface area (Å²) in [6, 6.07) is 22.2. The molecule has 3 rings (SSSR count). The van der Waals surface area contributed by atoms with Gasteiger partial charge in [0.05, 0.1) is 6.61 Å². The third kappa shape index (κ3) is 9.13. The van der Waals surface area contributed by atoms with E-state index in [1.54, 1.807) is 32.9 Å². The highest BCUT2D eigenvalue weighted by Crippen LogP contribution is 2.26. The van der Waals surface area contributed by atoms with Gasteiger partial charge in [-0.2, -0.15) is 0 Å². The van der Waals surface area contributed by atoms with Crippen LogP contribution in [0.1, 0.15) is 43.5 Å². The highest BCUT2D eigenvalue weighted by atomic mass is 16.6. The van der Waals surface area contributed by atoms with Crippen molar-refractivity contribution >= 4 is 17.9 Å². The Morgan fingerprint density at radius 1 is 0.900 bits per heavy atom. The molecule has 3 amide bonds. The van der Waals surface area contributed by atoms with Gasteiger partial charge in [-0.15, -0.1) is 0 Å². The fraction of sp³-hybridized carbons (Fsp3) is 0.323. The highest BCUT2D eigenvalue weighted by Gasteiger charge is 2.36. The first-order valence-corrected chi connectivity index (χ1v) is 13.1. The molecule has 0 saturated carbocycles. The van der Waals surface area contributed by atoms with Crippen molar-refractivity contribution in [3.8, 4) is 5.75 Å². The van der Waals surface area contributed by atoms with Crippen molar-refractivity contribution in [1.82, 2.24) is 15.5 Å². The predicted molar refractivity (Wildman–Crippen MR) is 151 cm³/mol. The zero-order valence-corrected chi connectivity index (χ0v) is 23.0. The normalized spacial score (nSPS) is 12.6. The zero-order valence-electron chi connectivity index (χ0n) is 23.0. The largest absolute Gasteiger partial charge is 0.508 e. The Morgan fingerprint density at radius 2 is 1.52 bits per heavy atom. The minimum absolute atomic E-state index is 0.0810. The van der Waals surface area contributed by atoms with Crippen molar-refractivity contribution < 1.29 is 29.3 Å². The molecule has 212 valence electrons. The monoisotopic (exact) mass is 547 g/mol. The fourth-order valence-corrected chi connectivity index (χ4v) is 4.22. The van der Waals surface area contributed by atoms with E-state index in [0.29, 0.717) is 5.56 Å². The summed E-state index contributed by atoms with van der Waals surface area (Å²) in [6.45, 7) is 4.73. The molecule has 40 heavy (non-hydrogen) atoms. The summed E-state index contributed by atoms with van der Waals surface area (Å²) < 4.78 is 5.41. The molecule has 0 radical (unpaired) electrons. The first-order valence-electron chi connectivity index (χ1n) is 13.1. The smallest absolute Gasteiger partial charge is 0.408 e. The van der Waals surface area contributed by atoms with Gasteiger partial charge in [-0.3, -0.25) is 9.59 Å². The molecular weight excluding hydrogens is 510 g/mol. The number of aromatic hydroxyl groups is 1. The molecule has 0 aliphatic carbocycles. The van der Waals surface area contributed by atoms with Crippen molar-refractivity contribution in [3.63, 3.8) is 0 Å². The van der Waals surface area contributed by atoms with Gasteiger partial charge in [0.1, 0.15) is 23.4 Å². The van der Waals surface area contributed by atoms with E-state index < -0.39 is 42.2 Å². The lowest BCUT2D eigenvalue weighted by Crippen LogP contribution is -2.54. The van der Waals surface area contributed by atoms with E-state index >= 15 is 0 Å².